The normalized spacial score (nSPS) is 15.3. The highest BCUT2D eigenvalue weighted by Gasteiger charge is 2.17. The quantitative estimate of drug-likeness (QED) is 0.943. The van der Waals surface area contributed by atoms with Crippen molar-refractivity contribution in [3.05, 3.63) is 29.7 Å². The molecule has 0 atom stereocenters. The second kappa shape index (κ2) is 6.31. The van der Waals surface area contributed by atoms with Crippen molar-refractivity contribution in [2.24, 2.45) is 7.05 Å². The van der Waals surface area contributed by atoms with Crippen LogP contribution in [0.5, 0.6) is 0 Å². The Morgan fingerprint density at radius 3 is 2.65 bits per heavy atom. The molecule has 0 spiro atoms. The Bertz CT molecular complexity index is 534. The number of aryl methyl sites for hydroxylation is 2. The van der Waals surface area contributed by atoms with Crippen molar-refractivity contribution in [1.82, 2.24) is 19.6 Å². The number of anilines is 1. The third-order valence-corrected chi connectivity index (χ3v) is 3.94. The molecule has 0 bridgehead atoms. The Hall–Kier alpha value is -1.49. The van der Waals surface area contributed by atoms with Gasteiger partial charge in [-0.05, 0) is 19.8 Å². The maximum Gasteiger partial charge on any atom is 0.127 e. The maximum atomic E-state index is 4.50. The van der Waals surface area contributed by atoms with Crippen LogP contribution in [-0.4, -0.2) is 19.6 Å². The van der Waals surface area contributed by atoms with Crippen molar-refractivity contribution < 1.29 is 0 Å². The Morgan fingerprint density at radius 2 is 2.00 bits per heavy atom. The van der Waals surface area contributed by atoms with Gasteiger partial charge in [-0.2, -0.15) is 10.2 Å². The molecule has 1 saturated carbocycles. The van der Waals surface area contributed by atoms with Crippen LogP contribution in [0.15, 0.2) is 18.6 Å². The van der Waals surface area contributed by atoms with Crippen LogP contribution in [0.3, 0.4) is 0 Å². The van der Waals surface area contributed by atoms with Crippen LogP contribution >= 0.6 is 12.4 Å². The summed E-state index contributed by atoms with van der Waals surface area (Å²) in [6, 6.07) is 0.618. The van der Waals surface area contributed by atoms with Crippen molar-refractivity contribution in [2.45, 2.75) is 45.2 Å². The first-order valence-electron chi connectivity index (χ1n) is 6.99. The van der Waals surface area contributed by atoms with Crippen molar-refractivity contribution in [1.29, 1.82) is 0 Å². The number of nitrogens with one attached hydrogen (secondary N) is 1. The first kappa shape index (κ1) is 14.9. The second-order valence-electron chi connectivity index (χ2n) is 5.42. The minimum absolute atomic E-state index is 0. The molecule has 0 aromatic carbocycles. The lowest BCUT2D eigenvalue weighted by molar-refractivity contribution is 0.466. The lowest BCUT2D eigenvalue weighted by Crippen LogP contribution is -2.06. The van der Waals surface area contributed by atoms with Crippen molar-refractivity contribution in [2.75, 3.05) is 5.32 Å². The fourth-order valence-corrected chi connectivity index (χ4v) is 2.82. The van der Waals surface area contributed by atoms with Crippen molar-refractivity contribution >= 4 is 18.2 Å². The van der Waals surface area contributed by atoms with Crippen LogP contribution in [0.25, 0.3) is 0 Å². The highest BCUT2D eigenvalue weighted by Crippen LogP contribution is 2.28. The van der Waals surface area contributed by atoms with Crippen LogP contribution in [0.1, 0.15) is 42.9 Å². The molecule has 2 aromatic heterocycles. The average molecular weight is 296 g/mol. The summed E-state index contributed by atoms with van der Waals surface area (Å²) >= 11 is 0. The predicted molar refractivity (Wildman–Crippen MR) is 82.3 cm³/mol. The maximum absolute atomic E-state index is 4.50. The minimum Gasteiger partial charge on any atom is -0.366 e. The standard InChI is InChI=1S/C14H21N5.ClH/c1-11-7-16-18(2)14(11)15-8-12-9-17-19(10-12)13-5-3-4-6-13;/h7,9-10,13,15H,3-6,8H2,1-2H3;1H. The van der Waals surface area contributed by atoms with Gasteiger partial charge in [0.25, 0.3) is 0 Å². The van der Waals surface area contributed by atoms with Gasteiger partial charge in [-0.1, -0.05) is 12.8 Å². The highest BCUT2D eigenvalue weighted by molar-refractivity contribution is 5.85. The summed E-state index contributed by atoms with van der Waals surface area (Å²) in [4.78, 5) is 0. The molecule has 0 saturated heterocycles. The van der Waals surface area contributed by atoms with Crippen molar-refractivity contribution in [3.8, 4) is 0 Å². The van der Waals surface area contributed by atoms with Gasteiger partial charge in [0.15, 0.2) is 0 Å². The van der Waals surface area contributed by atoms with E-state index in [-0.39, 0.29) is 12.4 Å². The van der Waals surface area contributed by atoms with Crippen LogP contribution in [-0.2, 0) is 13.6 Å². The fourth-order valence-electron chi connectivity index (χ4n) is 2.82. The zero-order chi connectivity index (χ0) is 13.2. The molecule has 2 heterocycles. The molecule has 1 fully saturated rings. The molecule has 1 N–H and O–H groups in total. The van der Waals surface area contributed by atoms with E-state index >= 15 is 0 Å². The monoisotopic (exact) mass is 295 g/mol. The molecule has 0 amide bonds. The van der Waals surface area contributed by atoms with Gasteiger partial charge in [0.2, 0.25) is 0 Å². The zero-order valence-corrected chi connectivity index (χ0v) is 12.9. The highest BCUT2D eigenvalue weighted by atomic mass is 35.5. The second-order valence-corrected chi connectivity index (χ2v) is 5.42. The van der Waals surface area contributed by atoms with Gasteiger partial charge in [0.1, 0.15) is 5.82 Å². The lowest BCUT2D eigenvalue weighted by Gasteiger charge is -2.09. The molecular weight excluding hydrogens is 274 g/mol. The number of halogens is 1. The van der Waals surface area contributed by atoms with Crippen molar-refractivity contribution in [3.63, 3.8) is 0 Å². The molecule has 0 radical (unpaired) electrons. The number of aromatic nitrogens is 4. The lowest BCUT2D eigenvalue weighted by atomic mass is 10.2. The average Bonchev–Trinajstić information content (AvgIpc) is 3.10. The topological polar surface area (TPSA) is 47.7 Å². The van der Waals surface area contributed by atoms with Crippen LogP contribution in [0.2, 0.25) is 0 Å². The van der Waals surface area contributed by atoms with E-state index in [1.807, 2.05) is 24.1 Å². The Morgan fingerprint density at radius 1 is 1.25 bits per heavy atom. The molecule has 6 heteroatoms. The molecule has 20 heavy (non-hydrogen) atoms. The summed E-state index contributed by atoms with van der Waals surface area (Å²) in [6.07, 6.45) is 11.2. The van der Waals surface area contributed by atoms with E-state index in [1.165, 1.54) is 36.8 Å². The summed E-state index contributed by atoms with van der Waals surface area (Å²) in [7, 11) is 1.96. The Labute approximate surface area is 125 Å². The van der Waals surface area contributed by atoms with E-state index < -0.39 is 0 Å². The van der Waals surface area contributed by atoms with Gasteiger partial charge in [-0.25, -0.2) is 0 Å². The van der Waals surface area contributed by atoms with Crippen LogP contribution in [0, 0.1) is 6.92 Å². The molecule has 110 valence electrons. The van der Waals surface area contributed by atoms with E-state index in [0.29, 0.717) is 6.04 Å². The summed E-state index contributed by atoms with van der Waals surface area (Å²) in [5.41, 5.74) is 2.40. The van der Waals surface area contributed by atoms with E-state index in [9.17, 15) is 0 Å². The number of rotatable bonds is 4. The van der Waals surface area contributed by atoms with Gasteiger partial charge in [-0.15, -0.1) is 12.4 Å². The van der Waals surface area contributed by atoms with Gasteiger partial charge >= 0.3 is 0 Å². The number of hydrogen-bond donors (Lipinski definition) is 1. The van der Waals surface area contributed by atoms with Gasteiger partial charge in [-0.3, -0.25) is 9.36 Å². The molecule has 5 nitrogen and oxygen atoms in total. The summed E-state index contributed by atoms with van der Waals surface area (Å²) in [6.45, 7) is 2.87. The molecule has 0 unspecified atom stereocenters. The molecule has 1 aliphatic rings. The van der Waals surface area contributed by atoms with Gasteiger partial charge in [0.05, 0.1) is 18.4 Å². The van der Waals surface area contributed by atoms with Gasteiger partial charge in [0, 0.05) is 30.9 Å². The molecule has 2 aromatic rings. The van der Waals surface area contributed by atoms with E-state index in [4.69, 9.17) is 0 Å². The molecule has 1 aliphatic carbocycles. The summed E-state index contributed by atoms with van der Waals surface area (Å²) < 4.78 is 4.01. The molecular formula is C14H22ClN5. The number of hydrogen-bond acceptors (Lipinski definition) is 3. The van der Waals surface area contributed by atoms with E-state index in [2.05, 4.69) is 33.3 Å². The molecule has 0 aliphatic heterocycles. The SMILES string of the molecule is Cc1cnn(C)c1NCc1cnn(C2CCCC2)c1.Cl. The third-order valence-electron chi connectivity index (χ3n) is 3.94. The van der Waals surface area contributed by atoms with Crippen LogP contribution in [0.4, 0.5) is 5.82 Å². The summed E-state index contributed by atoms with van der Waals surface area (Å²) in [5.74, 6) is 1.08. The fraction of sp³-hybridized carbons (Fsp3) is 0.571. The molecule has 3 rings (SSSR count). The third kappa shape index (κ3) is 2.98. The smallest absolute Gasteiger partial charge is 0.127 e. The first-order chi connectivity index (χ1) is 9.24. The zero-order valence-electron chi connectivity index (χ0n) is 12.0. The Kier molecular flexibility index (Phi) is 4.70. The minimum atomic E-state index is 0. The van der Waals surface area contributed by atoms with E-state index in [1.54, 1.807) is 0 Å². The van der Waals surface area contributed by atoms with Gasteiger partial charge < -0.3 is 5.32 Å². The largest absolute Gasteiger partial charge is 0.366 e. The van der Waals surface area contributed by atoms with Crippen LogP contribution < -0.4 is 5.32 Å². The first-order valence-corrected chi connectivity index (χ1v) is 6.99. The summed E-state index contributed by atoms with van der Waals surface area (Å²) in [5, 5.41) is 12.2. The predicted octanol–water partition coefficient (Wildman–Crippen LogP) is 3.07. The van der Waals surface area contributed by atoms with E-state index in [0.717, 1.165) is 12.4 Å². The number of nitrogens with zero attached hydrogens (tertiary/aromatic N) is 4. The Balaban J connectivity index is 0.00000147.